The minimum Gasteiger partial charge on any atom is -0.480 e. The second-order valence-corrected chi connectivity index (χ2v) is 4.84. The van der Waals surface area contributed by atoms with E-state index in [1.165, 1.54) is 19.2 Å². The monoisotopic (exact) mass is 307 g/mol. The van der Waals surface area contributed by atoms with Gasteiger partial charge in [-0.25, -0.2) is 9.98 Å². The molecule has 22 heavy (non-hydrogen) atoms. The first-order chi connectivity index (χ1) is 10.5. The first-order valence-electron chi connectivity index (χ1n) is 6.60. The second kappa shape index (κ2) is 5.40. The Kier molecular flexibility index (Phi) is 3.56. The lowest BCUT2D eigenvalue weighted by Gasteiger charge is -2.10. The van der Waals surface area contributed by atoms with Crippen molar-refractivity contribution in [3.8, 4) is 5.88 Å². The van der Waals surface area contributed by atoms with E-state index in [0.717, 1.165) is 17.8 Å². The van der Waals surface area contributed by atoms with Crippen LogP contribution < -0.4 is 4.74 Å². The van der Waals surface area contributed by atoms with Crippen LogP contribution in [0.25, 0.3) is 0 Å². The molecule has 0 amide bonds. The molecule has 1 aromatic carbocycles. The lowest BCUT2D eigenvalue weighted by molar-refractivity contribution is -0.137. The van der Waals surface area contributed by atoms with E-state index in [9.17, 15) is 13.2 Å². The van der Waals surface area contributed by atoms with Crippen LogP contribution in [-0.4, -0.2) is 23.3 Å². The van der Waals surface area contributed by atoms with Crippen molar-refractivity contribution in [1.29, 1.82) is 0 Å². The van der Waals surface area contributed by atoms with Crippen LogP contribution in [-0.2, 0) is 19.0 Å². The highest BCUT2D eigenvalue weighted by molar-refractivity contribution is 5.72. The van der Waals surface area contributed by atoms with Gasteiger partial charge in [0.2, 0.25) is 5.88 Å². The summed E-state index contributed by atoms with van der Waals surface area (Å²) < 4.78 is 42.9. The molecule has 2 heterocycles. The van der Waals surface area contributed by atoms with Gasteiger partial charge in [0.15, 0.2) is 5.82 Å². The maximum atomic E-state index is 12.6. The van der Waals surface area contributed by atoms with Gasteiger partial charge < -0.3 is 4.74 Å². The number of nitrogens with zero attached hydrogens (tertiary/aromatic N) is 3. The van der Waals surface area contributed by atoms with Gasteiger partial charge in [-0.05, 0) is 17.7 Å². The van der Waals surface area contributed by atoms with Gasteiger partial charge in [0.1, 0.15) is 5.69 Å². The van der Waals surface area contributed by atoms with Crippen LogP contribution in [0, 0.1) is 0 Å². The first kappa shape index (κ1) is 14.5. The van der Waals surface area contributed by atoms with Gasteiger partial charge in [-0.2, -0.15) is 18.2 Å². The topological polar surface area (TPSA) is 47.4 Å². The van der Waals surface area contributed by atoms with Crippen LogP contribution in [0.15, 0.2) is 29.3 Å². The van der Waals surface area contributed by atoms with Gasteiger partial charge in [0.25, 0.3) is 0 Å². The number of aliphatic imine (C=N–C) groups is 1. The van der Waals surface area contributed by atoms with Crippen molar-refractivity contribution in [3.63, 3.8) is 0 Å². The normalized spacial score (nSPS) is 13.3. The number of alkyl halides is 3. The maximum absolute atomic E-state index is 12.6. The Labute approximate surface area is 124 Å². The van der Waals surface area contributed by atoms with Gasteiger partial charge in [-0.15, -0.1) is 0 Å². The smallest absolute Gasteiger partial charge is 0.416 e. The fourth-order valence-electron chi connectivity index (χ4n) is 2.23. The SMILES string of the molecule is COc1nc2c(nc1Cc1ccc(C(F)(F)F)cc1)CC=N2. The zero-order valence-corrected chi connectivity index (χ0v) is 11.7. The molecule has 0 saturated heterocycles. The van der Waals surface area contributed by atoms with E-state index in [4.69, 9.17) is 4.74 Å². The molecular weight excluding hydrogens is 295 g/mol. The van der Waals surface area contributed by atoms with E-state index in [2.05, 4.69) is 15.0 Å². The molecule has 4 nitrogen and oxygen atoms in total. The molecular formula is C15H12F3N3O. The fourth-order valence-corrected chi connectivity index (χ4v) is 2.23. The third kappa shape index (κ3) is 2.79. The fraction of sp³-hybridized carbons (Fsp3) is 0.267. The number of rotatable bonds is 3. The standard InChI is InChI=1S/C15H12F3N3O/c1-22-14-12(20-11-6-7-19-13(11)21-14)8-9-2-4-10(5-3-9)15(16,17)18/h2-5,7H,6,8H2,1H3. The Balaban J connectivity index is 1.87. The first-order valence-corrected chi connectivity index (χ1v) is 6.60. The number of halogens is 3. The molecule has 0 bridgehead atoms. The maximum Gasteiger partial charge on any atom is 0.416 e. The summed E-state index contributed by atoms with van der Waals surface area (Å²) in [4.78, 5) is 12.8. The van der Waals surface area contributed by atoms with E-state index in [0.29, 0.717) is 35.8 Å². The molecule has 114 valence electrons. The molecule has 0 spiro atoms. The van der Waals surface area contributed by atoms with Gasteiger partial charge in [0.05, 0.1) is 18.4 Å². The number of benzene rings is 1. The summed E-state index contributed by atoms with van der Waals surface area (Å²) in [5.74, 6) is 0.880. The molecule has 0 aliphatic carbocycles. The van der Waals surface area contributed by atoms with Crippen molar-refractivity contribution in [2.45, 2.75) is 19.0 Å². The predicted octanol–water partition coefficient (Wildman–Crippen LogP) is 3.35. The van der Waals surface area contributed by atoms with Gasteiger partial charge in [0, 0.05) is 19.1 Å². The zero-order valence-electron chi connectivity index (χ0n) is 11.7. The molecule has 7 heteroatoms. The van der Waals surface area contributed by atoms with Crippen LogP contribution >= 0.6 is 0 Å². The molecule has 0 fully saturated rings. The average molecular weight is 307 g/mol. The molecule has 0 unspecified atom stereocenters. The largest absolute Gasteiger partial charge is 0.480 e. The molecule has 3 rings (SSSR count). The van der Waals surface area contributed by atoms with Crippen LogP contribution in [0.5, 0.6) is 5.88 Å². The highest BCUT2D eigenvalue weighted by atomic mass is 19.4. The lowest BCUT2D eigenvalue weighted by Crippen LogP contribution is -2.05. The number of hydrogen-bond donors (Lipinski definition) is 0. The minimum absolute atomic E-state index is 0.345. The third-order valence-corrected chi connectivity index (χ3v) is 3.33. The van der Waals surface area contributed by atoms with E-state index in [1.807, 2.05) is 0 Å². The van der Waals surface area contributed by atoms with Crippen molar-refractivity contribution in [3.05, 3.63) is 46.8 Å². The average Bonchev–Trinajstić information content (AvgIpc) is 2.93. The molecule has 1 aromatic heterocycles. The Morgan fingerprint density at radius 3 is 2.50 bits per heavy atom. The van der Waals surface area contributed by atoms with Gasteiger partial charge >= 0.3 is 6.18 Å². The molecule has 1 aliphatic heterocycles. The predicted molar refractivity (Wildman–Crippen MR) is 74.7 cm³/mol. The highest BCUT2D eigenvalue weighted by Crippen LogP contribution is 2.30. The summed E-state index contributed by atoms with van der Waals surface area (Å²) in [5, 5.41) is 0. The highest BCUT2D eigenvalue weighted by Gasteiger charge is 2.30. The summed E-state index contributed by atoms with van der Waals surface area (Å²) in [5.41, 5.74) is 1.38. The van der Waals surface area contributed by atoms with Crippen molar-refractivity contribution >= 4 is 12.0 Å². The number of hydrogen-bond acceptors (Lipinski definition) is 4. The van der Waals surface area contributed by atoms with Gasteiger partial charge in [-0.3, -0.25) is 0 Å². The zero-order chi connectivity index (χ0) is 15.7. The molecule has 0 radical (unpaired) electrons. The van der Waals surface area contributed by atoms with Crippen molar-refractivity contribution < 1.29 is 17.9 Å². The second-order valence-electron chi connectivity index (χ2n) is 4.84. The summed E-state index contributed by atoms with van der Waals surface area (Å²) in [6.45, 7) is 0. The van der Waals surface area contributed by atoms with Crippen molar-refractivity contribution in [2.75, 3.05) is 7.11 Å². The molecule has 1 aliphatic rings. The van der Waals surface area contributed by atoms with Crippen LogP contribution in [0.2, 0.25) is 0 Å². The van der Waals surface area contributed by atoms with Crippen molar-refractivity contribution in [2.24, 2.45) is 4.99 Å². The van der Waals surface area contributed by atoms with E-state index < -0.39 is 11.7 Å². The van der Waals surface area contributed by atoms with Crippen LogP contribution in [0.3, 0.4) is 0 Å². The van der Waals surface area contributed by atoms with E-state index in [-0.39, 0.29) is 0 Å². The Bertz CT molecular complexity index is 724. The molecule has 0 saturated carbocycles. The number of aromatic nitrogens is 2. The summed E-state index contributed by atoms with van der Waals surface area (Å²) in [6.07, 6.45) is -1.67. The van der Waals surface area contributed by atoms with E-state index in [1.54, 1.807) is 6.21 Å². The van der Waals surface area contributed by atoms with E-state index >= 15 is 0 Å². The Morgan fingerprint density at radius 2 is 1.86 bits per heavy atom. The van der Waals surface area contributed by atoms with Gasteiger partial charge in [-0.1, -0.05) is 12.1 Å². The minimum atomic E-state index is -4.33. The van der Waals surface area contributed by atoms with Crippen molar-refractivity contribution in [1.82, 2.24) is 9.97 Å². The third-order valence-electron chi connectivity index (χ3n) is 3.33. The lowest BCUT2D eigenvalue weighted by atomic mass is 10.1. The number of ether oxygens (including phenoxy) is 1. The quantitative estimate of drug-likeness (QED) is 0.873. The number of methoxy groups -OCH3 is 1. The molecule has 0 N–H and O–H groups in total. The Morgan fingerprint density at radius 1 is 1.14 bits per heavy atom. The van der Waals surface area contributed by atoms with Crippen LogP contribution in [0.1, 0.15) is 22.5 Å². The molecule has 0 atom stereocenters. The Hall–Kier alpha value is -2.44. The summed E-state index contributed by atoms with van der Waals surface area (Å²) >= 11 is 0. The summed E-state index contributed by atoms with van der Waals surface area (Å²) in [7, 11) is 1.48. The van der Waals surface area contributed by atoms with Crippen LogP contribution in [0.4, 0.5) is 19.0 Å². The number of fused-ring (bicyclic) bond motifs is 1. The molecule has 2 aromatic rings. The summed E-state index contributed by atoms with van der Waals surface area (Å²) in [6, 6.07) is 5.00.